The maximum Gasteiger partial charge on any atom is 0.407 e. The molecule has 26 heavy (non-hydrogen) atoms. The third kappa shape index (κ3) is 4.57. The lowest BCUT2D eigenvalue weighted by Gasteiger charge is -2.22. The summed E-state index contributed by atoms with van der Waals surface area (Å²) in [5.41, 5.74) is 5.47. The van der Waals surface area contributed by atoms with Crippen LogP contribution in [0.15, 0.2) is 36.4 Å². The van der Waals surface area contributed by atoms with Crippen LogP contribution in [0, 0.1) is 0 Å². The second kappa shape index (κ2) is 7.68. The largest absolute Gasteiger partial charge is 0.444 e. The lowest BCUT2D eigenvalue weighted by molar-refractivity contribution is 0.0523. The van der Waals surface area contributed by atoms with E-state index in [-0.39, 0.29) is 0 Å². The van der Waals surface area contributed by atoms with Crippen molar-refractivity contribution < 1.29 is 9.53 Å². The van der Waals surface area contributed by atoms with Crippen molar-refractivity contribution in [3.8, 4) is 11.1 Å². The Morgan fingerprint density at radius 3 is 2.58 bits per heavy atom. The van der Waals surface area contributed by atoms with Crippen molar-refractivity contribution >= 4 is 17.7 Å². The summed E-state index contributed by atoms with van der Waals surface area (Å²) in [6, 6.07) is 12.3. The average Bonchev–Trinajstić information content (AvgIpc) is 2.60. The number of fused-ring (bicyclic) bond motifs is 1. The van der Waals surface area contributed by atoms with Gasteiger partial charge >= 0.3 is 6.09 Å². The Kier molecular flexibility index (Phi) is 5.54. The van der Waals surface area contributed by atoms with Crippen LogP contribution in [-0.2, 0) is 24.2 Å². The topological polar surface area (TPSA) is 50.4 Å². The van der Waals surface area contributed by atoms with Gasteiger partial charge in [-0.1, -0.05) is 41.9 Å². The SMILES string of the molecule is CC(C)(C)OC(=O)NCc1ccc(-c2ccc(Cl)c3c2CCNC3)cc1. The first-order chi connectivity index (χ1) is 12.3. The van der Waals surface area contributed by atoms with Crippen LogP contribution in [0.2, 0.25) is 5.02 Å². The van der Waals surface area contributed by atoms with Gasteiger partial charge in [-0.15, -0.1) is 0 Å². The molecule has 1 heterocycles. The van der Waals surface area contributed by atoms with E-state index in [1.807, 2.05) is 39.0 Å². The predicted octanol–water partition coefficient (Wildman–Crippen LogP) is 4.68. The fourth-order valence-corrected chi connectivity index (χ4v) is 3.37. The smallest absolute Gasteiger partial charge is 0.407 e. The number of benzene rings is 2. The van der Waals surface area contributed by atoms with E-state index in [9.17, 15) is 4.79 Å². The first-order valence-corrected chi connectivity index (χ1v) is 9.28. The first-order valence-electron chi connectivity index (χ1n) is 8.90. The molecule has 0 atom stereocenters. The molecule has 0 unspecified atom stereocenters. The number of hydrogen-bond acceptors (Lipinski definition) is 3. The van der Waals surface area contributed by atoms with Crippen molar-refractivity contribution in [1.82, 2.24) is 10.6 Å². The highest BCUT2D eigenvalue weighted by Crippen LogP contribution is 2.32. The highest BCUT2D eigenvalue weighted by molar-refractivity contribution is 6.31. The fourth-order valence-electron chi connectivity index (χ4n) is 3.13. The van der Waals surface area contributed by atoms with Crippen LogP contribution < -0.4 is 10.6 Å². The standard InChI is InChI=1S/C21H25ClN2O2/c1-21(2,3)26-20(25)24-12-14-4-6-15(7-5-14)16-8-9-19(22)18-13-23-11-10-17(16)18/h4-9,23H,10-13H2,1-3H3,(H,24,25). The first kappa shape index (κ1) is 18.7. The van der Waals surface area contributed by atoms with Crippen LogP contribution in [0.5, 0.6) is 0 Å². The minimum atomic E-state index is -0.490. The maximum atomic E-state index is 11.8. The van der Waals surface area contributed by atoms with Gasteiger partial charge in [-0.05, 0) is 67.6 Å². The molecule has 0 saturated carbocycles. The third-order valence-corrected chi connectivity index (χ3v) is 4.68. The quantitative estimate of drug-likeness (QED) is 0.822. The summed E-state index contributed by atoms with van der Waals surface area (Å²) in [5.74, 6) is 0. The molecule has 0 fully saturated rings. The van der Waals surface area contributed by atoms with Crippen LogP contribution in [0.4, 0.5) is 4.79 Å². The Hall–Kier alpha value is -2.04. The Bertz CT molecular complexity index is 795. The van der Waals surface area contributed by atoms with Gasteiger partial charge in [-0.2, -0.15) is 0 Å². The monoisotopic (exact) mass is 372 g/mol. The molecule has 1 aliphatic rings. The number of carbonyl (C=O) groups excluding carboxylic acids is 1. The molecule has 1 amide bonds. The van der Waals surface area contributed by atoms with Crippen molar-refractivity contribution in [2.24, 2.45) is 0 Å². The molecule has 2 aromatic carbocycles. The number of nitrogens with one attached hydrogen (secondary N) is 2. The van der Waals surface area contributed by atoms with Gasteiger partial charge in [-0.3, -0.25) is 0 Å². The number of amides is 1. The van der Waals surface area contributed by atoms with Crippen LogP contribution in [-0.4, -0.2) is 18.2 Å². The van der Waals surface area contributed by atoms with E-state index in [1.54, 1.807) is 0 Å². The van der Waals surface area contributed by atoms with E-state index >= 15 is 0 Å². The number of carbonyl (C=O) groups is 1. The molecule has 5 heteroatoms. The molecule has 0 bridgehead atoms. The summed E-state index contributed by atoms with van der Waals surface area (Å²) in [5, 5.41) is 6.99. The van der Waals surface area contributed by atoms with E-state index in [2.05, 4.69) is 28.8 Å². The molecule has 0 radical (unpaired) electrons. The second-order valence-electron chi connectivity index (χ2n) is 7.53. The van der Waals surface area contributed by atoms with Crippen LogP contribution in [0.3, 0.4) is 0 Å². The fraction of sp³-hybridized carbons (Fsp3) is 0.381. The Balaban J connectivity index is 1.72. The van der Waals surface area contributed by atoms with Gasteiger partial charge in [0.05, 0.1) is 0 Å². The molecular formula is C21H25ClN2O2. The molecule has 4 nitrogen and oxygen atoms in total. The summed E-state index contributed by atoms with van der Waals surface area (Å²) in [6.45, 7) is 7.78. The zero-order chi connectivity index (χ0) is 18.7. The molecule has 0 saturated heterocycles. The molecule has 2 N–H and O–H groups in total. The molecule has 0 spiro atoms. The Labute approximate surface area is 159 Å². The van der Waals surface area contributed by atoms with Gasteiger partial charge in [0.25, 0.3) is 0 Å². The summed E-state index contributed by atoms with van der Waals surface area (Å²) in [4.78, 5) is 11.8. The highest BCUT2D eigenvalue weighted by Gasteiger charge is 2.17. The van der Waals surface area contributed by atoms with E-state index in [0.717, 1.165) is 30.1 Å². The van der Waals surface area contributed by atoms with Gasteiger partial charge < -0.3 is 15.4 Å². The lowest BCUT2D eigenvalue weighted by atomic mass is 9.91. The maximum absolute atomic E-state index is 11.8. The molecule has 0 aliphatic carbocycles. The summed E-state index contributed by atoms with van der Waals surface area (Å²) < 4.78 is 5.26. The highest BCUT2D eigenvalue weighted by atomic mass is 35.5. The lowest BCUT2D eigenvalue weighted by Crippen LogP contribution is -2.32. The van der Waals surface area contributed by atoms with Gasteiger partial charge in [-0.25, -0.2) is 4.79 Å². The third-order valence-electron chi connectivity index (χ3n) is 4.33. The van der Waals surface area contributed by atoms with Crippen molar-refractivity contribution in [1.29, 1.82) is 0 Å². The van der Waals surface area contributed by atoms with Gasteiger partial charge in [0.15, 0.2) is 0 Å². The molecule has 2 aromatic rings. The second-order valence-corrected chi connectivity index (χ2v) is 7.94. The normalized spacial score (nSPS) is 13.8. The number of alkyl carbamates (subject to hydrolysis) is 1. The molecule has 1 aliphatic heterocycles. The van der Waals surface area contributed by atoms with Crippen LogP contribution >= 0.6 is 11.6 Å². The molecular weight excluding hydrogens is 348 g/mol. The zero-order valence-electron chi connectivity index (χ0n) is 15.5. The average molecular weight is 373 g/mol. The number of ether oxygens (including phenoxy) is 1. The van der Waals surface area contributed by atoms with Crippen molar-refractivity contribution in [3.05, 3.63) is 58.1 Å². The summed E-state index contributed by atoms with van der Waals surface area (Å²) in [7, 11) is 0. The van der Waals surface area contributed by atoms with Gasteiger partial charge in [0.2, 0.25) is 0 Å². The van der Waals surface area contributed by atoms with E-state index in [4.69, 9.17) is 16.3 Å². The predicted molar refractivity (Wildman–Crippen MR) is 105 cm³/mol. The minimum absolute atomic E-state index is 0.402. The minimum Gasteiger partial charge on any atom is -0.444 e. The molecule has 3 rings (SSSR count). The van der Waals surface area contributed by atoms with E-state index in [0.29, 0.717) is 6.54 Å². The summed E-state index contributed by atoms with van der Waals surface area (Å²) >= 11 is 6.35. The van der Waals surface area contributed by atoms with Crippen molar-refractivity contribution in [3.63, 3.8) is 0 Å². The van der Waals surface area contributed by atoms with E-state index in [1.165, 1.54) is 22.3 Å². The number of hydrogen-bond donors (Lipinski definition) is 2. The van der Waals surface area contributed by atoms with Crippen molar-refractivity contribution in [2.75, 3.05) is 6.54 Å². The Morgan fingerprint density at radius 2 is 1.88 bits per heavy atom. The van der Waals surface area contributed by atoms with Gasteiger partial charge in [0.1, 0.15) is 5.60 Å². The Morgan fingerprint density at radius 1 is 1.15 bits per heavy atom. The van der Waals surface area contributed by atoms with Gasteiger partial charge in [0, 0.05) is 18.1 Å². The van der Waals surface area contributed by atoms with Crippen LogP contribution in [0.25, 0.3) is 11.1 Å². The van der Waals surface area contributed by atoms with Crippen molar-refractivity contribution in [2.45, 2.75) is 45.9 Å². The summed E-state index contributed by atoms with van der Waals surface area (Å²) in [6.07, 6.45) is 0.577. The molecule has 138 valence electrons. The molecule has 0 aromatic heterocycles. The zero-order valence-corrected chi connectivity index (χ0v) is 16.2. The number of halogens is 1. The van der Waals surface area contributed by atoms with Crippen LogP contribution in [0.1, 0.15) is 37.5 Å². The van der Waals surface area contributed by atoms with E-state index < -0.39 is 11.7 Å². The number of rotatable bonds is 3.